The number of Topliss-reactive ketones (excluding diaryl/α,β-unsaturated/α-hetero) is 1. The van der Waals surface area contributed by atoms with Gasteiger partial charge in [-0.1, -0.05) is 24.3 Å². The van der Waals surface area contributed by atoms with E-state index in [0.717, 1.165) is 23.4 Å². The summed E-state index contributed by atoms with van der Waals surface area (Å²) in [6, 6.07) is 12.5. The SMILES string of the molecule is CC(=O)Cc1ccc(NCc2cccc(C(F)(F)F)c2)cc1. The Bertz CT molecular complexity index is 648. The number of anilines is 1. The summed E-state index contributed by atoms with van der Waals surface area (Å²) >= 11 is 0. The summed E-state index contributed by atoms with van der Waals surface area (Å²) in [5, 5.41) is 3.07. The van der Waals surface area contributed by atoms with E-state index in [9.17, 15) is 18.0 Å². The zero-order valence-electron chi connectivity index (χ0n) is 12.1. The molecule has 0 radical (unpaired) electrons. The fourth-order valence-electron chi connectivity index (χ4n) is 2.09. The van der Waals surface area contributed by atoms with Gasteiger partial charge in [0.15, 0.2) is 0 Å². The number of carbonyl (C=O) groups is 1. The Labute approximate surface area is 127 Å². The minimum atomic E-state index is -4.33. The van der Waals surface area contributed by atoms with Crippen molar-refractivity contribution < 1.29 is 18.0 Å². The van der Waals surface area contributed by atoms with Crippen LogP contribution in [0.4, 0.5) is 18.9 Å². The highest BCUT2D eigenvalue weighted by molar-refractivity contribution is 5.78. The molecule has 2 aromatic rings. The Morgan fingerprint density at radius 3 is 2.32 bits per heavy atom. The van der Waals surface area contributed by atoms with E-state index in [1.165, 1.54) is 13.0 Å². The van der Waals surface area contributed by atoms with Gasteiger partial charge in [-0.05, 0) is 42.3 Å². The van der Waals surface area contributed by atoms with Crippen molar-refractivity contribution in [1.82, 2.24) is 0 Å². The maximum atomic E-state index is 12.6. The van der Waals surface area contributed by atoms with Crippen LogP contribution >= 0.6 is 0 Å². The van der Waals surface area contributed by atoms with Gasteiger partial charge in [-0.25, -0.2) is 0 Å². The van der Waals surface area contributed by atoms with Crippen LogP contribution in [0.1, 0.15) is 23.6 Å². The number of carbonyl (C=O) groups excluding carboxylic acids is 1. The molecule has 0 aliphatic carbocycles. The van der Waals surface area contributed by atoms with E-state index >= 15 is 0 Å². The molecule has 0 atom stereocenters. The summed E-state index contributed by atoms with van der Waals surface area (Å²) in [6.45, 7) is 1.83. The summed E-state index contributed by atoms with van der Waals surface area (Å²) in [5.41, 5.74) is 1.62. The number of rotatable bonds is 5. The monoisotopic (exact) mass is 307 g/mol. The number of nitrogens with one attached hydrogen (secondary N) is 1. The average molecular weight is 307 g/mol. The second kappa shape index (κ2) is 6.64. The first-order valence-corrected chi connectivity index (χ1v) is 6.83. The number of ketones is 1. The smallest absolute Gasteiger partial charge is 0.381 e. The van der Waals surface area contributed by atoms with Gasteiger partial charge in [-0.2, -0.15) is 13.2 Å². The standard InChI is InChI=1S/C17H16F3NO/c1-12(22)9-13-5-7-16(8-6-13)21-11-14-3-2-4-15(10-14)17(18,19)20/h2-8,10,21H,9,11H2,1H3. The molecule has 5 heteroatoms. The number of alkyl halides is 3. The molecule has 0 aromatic heterocycles. The second-order valence-corrected chi connectivity index (χ2v) is 5.13. The predicted molar refractivity (Wildman–Crippen MR) is 79.6 cm³/mol. The lowest BCUT2D eigenvalue weighted by atomic mass is 10.1. The van der Waals surface area contributed by atoms with E-state index in [-0.39, 0.29) is 5.78 Å². The number of benzene rings is 2. The van der Waals surface area contributed by atoms with Gasteiger partial charge < -0.3 is 5.32 Å². The van der Waals surface area contributed by atoms with Crippen molar-refractivity contribution in [1.29, 1.82) is 0 Å². The average Bonchev–Trinajstić information content (AvgIpc) is 2.45. The molecule has 0 amide bonds. The maximum Gasteiger partial charge on any atom is 0.416 e. The molecule has 0 fully saturated rings. The molecule has 0 aliphatic rings. The zero-order chi connectivity index (χ0) is 16.2. The third kappa shape index (κ3) is 4.62. The first kappa shape index (κ1) is 16.1. The van der Waals surface area contributed by atoms with Gasteiger partial charge in [0.1, 0.15) is 5.78 Å². The lowest BCUT2D eigenvalue weighted by Crippen LogP contribution is -2.07. The molecule has 0 spiro atoms. The van der Waals surface area contributed by atoms with Gasteiger partial charge >= 0.3 is 6.18 Å². The fraction of sp³-hybridized carbons (Fsp3) is 0.235. The van der Waals surface area contributed by atoms with E-state index in [1.54, 1.807) is 6.07 Å². The van der Waals surface area contributed by atoms with Crippen molar-refractivity contribution in [3.63, 3.8) is 0 Å². The first-order valence-electron chi connectivity index (χ1n) is 6.83. The van der Waals surface area contributed by atoms with Crippen LogP contribution in [-0.2, 0) is 23.9 Å². The molecule has 0 aliphatic heterocycles. The molecule has 0 unspecified atom stereocenters. The highest BCUT2D eigenvalue weighted by Gasteiger charge is 2.30. The molecule has 0 heterocycles. The lowest BCUT2D eigenvalue weighted by molar-refractivity contribution is -0.137. The minimum absolute atomic E-state index is 0.0877. The van der Waals surface area contributed by atoms with Crippen LogP contribution in [0.2, 0.25) is 0 Å². The van der Waals surface area contributed by atoms with E-state index in [0.29, 0.717) is 18.5 Å². The van der Waals surface area contributed by atoms with Crippen LogP contribution in [0.25, 0.3) is 0 Å². The molecule has 22 heavy (non-hydrogen) atoms. The van der Waals surface area contributed by atoms with Gasteiger partial charge in [0.05, 0.1) is 5.56 Å². The molecule has 116 valence electrons. The van der Waals surface area contributed by atoms with E-state index in [1.807, 2.05) is 24.3 Å². The number of hydrogen-bond donors (Lipinski definition) is 1. The molecule has 0 saturated carbocycles. The van der Waals surface area contributed by atoms with E-state index < -0.39 is 11.7 Å². The van der Waals surface area contributed by atoms with Crippen LogP contribution < -0.4 is 5.32 Å². The van der Waals surface area contributed by atoms with Crippen LogP contribution in [-0.4, -0.2) is 5.78 Å². The van der Waals surface area contributed by atoms with Gasteiger partial charge in [-0.15, -0.1) is 0 Å². The van der Waals surface area contributed by atoms with Crippen molar-refractivity contribution in [3.8, 4) is 0 Å². The van der Waals surface area contributed by atoms with Crippen molar-refractivity contribution in [3.05, 3.63) is 65.2 Å². The van der Waals surface area contributed by atoms with Crippen LogP contribution in [0, 0.1) is 0 Å². The highest BCUT2D eigenvalue weighted by atomic mass is 19.4. The molecular formula is C17H16F3NO. The third-order valence-electron chi connectivity index (χ3n) is 3.16. The maximum absolute atomic E-state index is 12.6. The first-order chi connectivity index (χ1) is 10.3. The Morgan fingerprint density at radius 1 is 1.05 bits per heavy atom. The topological polar surface area (TPSA) is 29.1 Å². The minimum Gasteiger partial charge on any atom is -0.381 e. The van der Waals surface area contributed by atoms with Crippen molar-refractivity contribution in [2.24, 2.45) is 0 Å². The summed E-state index contributed by atoms with van der Waals surface area (Å²) < 4.78 is 37.9. The molecule has 0 bridgehead atoms. The number of halogens is 3. The van der Waals surface area contributed by atoms with Crippen LogP contribution in [0.15, 0.2) is 48.5 Å². The molecule has 1 N–H and O–H groups in total. The van der Waals surface area contributed by atoms with Crippen molar-refractivity contribution in [2.75, 3.05) is 5.32 Å². The van der Waals surface area contributed by atoms with Gasteiger partial charge in [0.2, 0.25) is 0 Å². The highest BCUT2D eigenvalue weighted by Crippen LogP contribution is 2.29. The Balaban J connectivity index is 1.99. The summed E-state index contributed by atoms with van der Waals surface area (Å²) in [7, 11) is 0. The van der Waals surface area contributed by atoms with Crippen molar-refractivity contribution >= 4 is 11.5 Å². The molecule has 0 saturated heterocycles. The summed E-state index contributed by atoms with van der Waals surface area (Å²) in [6.07, 6.45) is -3.95. The molecule has 2 rings (SSSR count). The van der Waals surface area contributed by atoms with Crippen molar-refractivity contribution in [2.45, 2.75) is 26.1 Å². The predicted octanol–water partition coefficient (Wildman–Crippen LogP) is 4.45. The Morgan fingerprint density at radius 2 is 1.73 bits per heavy atom. The second-order valence-electron chi connectivity index (χ2n) is 5.13. The van der Waals surface area contributed by atoms with E-state index in [2.05, 4.69) is 5.32 Å². The Hall–Kier alpha value is -2.30. The van der Waals surface area contributed by atoms with Gasteiger partial charge in [0, 0.05) is 18.7 Å². The summed E-state index contributed by atoms with van der Waals surface area (Å²) in [4.78, 5) is 11.0. The fourth-order valence-corrected chi connectivity index (χ4v) is 2.09. The summed E-state index contributed by atoms with van der Waals surface area (Å²) in [5.74, 6) is 0.0877. The quantitative estimate of drug-likeness (QED) is 0.884. The molecule has 2 aromatic carbocycles. The molecule has 2 nitrogen and oxygen atoms in total. The zero-order valence-corrected chi connectivity index (χ0v) is 12.1. The normalized spacial score (nSPS) is 11.3. The lowest BCUT2D eigenvalue weighted by Gasteiger charge is -2.10. The largest absolute Gasteiger partial charge is 0.416 e. The van der Waals surface area contributed by atoms with Crippen LogP contribution in [0.5, 0.6) is 0 Å². The molecular weight excluding hydrogens is 291 g/mol. The third-order valence-corrected chi connectivity index (χ3v) is 3.16. The van der Waals surface area contributed by atoms with Gasteiger partial charge in [0.25, 0.3) is 0 Å². The van der Waals surface area contributed by atoms with Crippen LogP contribution in [0.3, 0.4) is 0 Å². The van der Waals surface area contributed by atoms with Gasteiger partial charge in [-0.3, -0.25) is 4.79 Å². The number of hydrogen-bond acceptors (Lipinski definition) is 2. The van der Waals surface area contributed by atoms with E-state index in [4.69, 9.17) is 0 Å². The Kier molecular flexibility index (Phi) is 4.85.